The Morgan fingerprint density at radius 2 is 2.27 bits per heavy atom. The molecule has 22 heavy (non-hydrogen) atoms. The van der Waals surface area contributed by atoms with Crippen LogP contribution in [0.25, 0.3) is 0 Å². The largest absolute Gasteiger partial charge is 0.489 e. The van der Waals surface area contributed by atoms with Crippen molar-refractivity contribution in [3.63, 3.8) is 0 Å². The van der Waals surface area contributed by atoms with Gasteiger partial charge in [-0.1, -0.05) is 19.8 Å². The second kappa shape index (κ2) is 10.0. The van der Waals surface area contributed by atoms with Gasteiger partial charge in [0.25, 0.3) is 0 Å². The number of halogens is 1. The van der Waals surface area contributed by atoms with Gasteiger partial charge in [0.05, 0.1) is 11.4 Å². The van der Waals surface area contributed by atoms with Gasteiger partial charge in [-0.05, 0) is 24.6 Å². The zero-order valence-electron chi connectivity index (χ0n) is 12.6. The lowest BCUT2D eigenvalue weighted by Crippen LogP contribution is -2.19. The van der Waals surface area contributed by atoms with Gasteiger partial charge in [0.2, 0.25) is 5.91 Å². The van der Waals surface area contributed by atoms with Gasteiger partial charge in [0.1, 0.15) is 24.5 Å². The number of aliphatic hydroxyl groups is 1. The number of amides is 1. The standard InChI is InChI=1S/C16H21ClN2O3/c1-2-3-4-5-16(21)19-13-6-7-15(12(8-13)10-18)22-11-14(20)9-17/h6-8,14,20H,2-5,9,11H2,1H3,(H,19,21). The van der Waals surface area contributed by atoms with Gasteiger partial charge >= 0.3 is 0 Å². The average Bonchev–Trinajstić information content (AvgIpc) is 2.53. The highest BCUT2D eigenvalue weighted by atomic mass is 35.5. The normalized spacial score (nSPS) is 11.5. The van der Waals surface area contributed by atoms with E-state index >= 15 is 0 Å². The number of anilines is 1. The van der Waals surface area contributed by atoms with Crippen LogP contribution in [0.5, 0.6) is 5.75 Å². The molecule has 0 radical (unpaired) electrons. The van der Waals surface area contributed by atoms with Gasteiger partial charge in [-0.2, -0.15) is 5.26 Å². The number of nitriles is 1. The second-order valence-electron chi connectivity index (χ2n) is 4.95. The molecule has 120 valence electrons. The van der Waals surface area contributed by atoms with E-state index in [1.807, 2.05) is 6.07 Å². The van der Waals surface area contributed by atoms with Crippen LogP contribution in [0.4, 0.5) is 5.69 Å². The first kappa shape index (κ1) is 18.3. The van der Waals surface area contributed by atoms with Crippen LogP contribution in [0.2, 0.25) is 0 Å². The molecule has 1 aromatic rings. The monoisotopic (exact) mass is 324 g/mol. The second-order valence-corrected chi connectivity index (χ2v) is 5.26. The SMILES string of the molecule is CCCCCC(=O)Nc1ccc(OCC(O)CCl)c(C#N)c1. The number of nitrogens with zero attached hydrogens (tertiary/aromatic N) is 1. The molecule has 0 bridgehead atoms. The van der Waals surface area contributed by atoms with Gasteiger partial charge in [-0.25, -0.2) is 0 Å². The van der Waals surface area contributed by atoms with Crippen LogP contribution < -0.4 is 10.1 Å². The van der Waals surface area contributed by atoms with Crippen LogP contribution in [0.1, 0.15) is 38.2 Å². The molecule has 0 aromatic heterocycles. The van der Waals surface area contributed by atoms with Crippen LogP contribution in [0.3, 0.4) is 0 Å². The summed E-state index contributed by atoms with van der Waals surface area (Å²) in [6.07, 6.45) is 2.62. The van der Waals surface area contributed by atoms with E-state index in [1.54, 1.807) is 18.2 Å². The highest BCUT2D eigenvalue weighted by Crippen LogP contribution is 2.22. The van der Waals surface area contributed by atoms with Gasteiger partial charge in [-0.15, -0.1) is 11.6 Å². The molecule has 5 nitrogen and oxygen atoms in total. The van der Waals surface area contributed by atoms with E-state index in [2.05, 4.69) is 12.2 Å². The molecule has 0 aliphatic carbocycles. The number of alkyl halides is 1. The summed E-state index contributed by atoms with van der Waals surface area (Å²) in [6, 6.07) is 6.83. The van der Waals surface area contributed by atoms with Crippen molar-refractivity contribution in [2.24, 2.45) is 0 Å². The predicted octanol–water partition coefficient (Wildman–Crippen LogP) is 3.06. The maximum Gasteiger partial charge on any atom is 0.224 e. The molecule has 0 aliphatic heterocycles. The average molecular weight is 325 g/mol. The molecule has 1 unspecified atom stereocenters. The maximum atomic E-state index is 11.8. The molecular weight excluding hydrogens is 304 g/mol. The van der Waals surface area contributed by atoms with Gasteiger partial charge < -0.3 is 15.2 Å². The van der Waals surface area contributed by atoms with Gasteiger partial charge in [-0.3, -0.25) is 4.79 Å². The third kappa shape index (κ3) is 6.33. The van der Waals surface area contributed by atoms with Crippen LogP contribution >= 0.6 is 11.6 Å². The van der Waals surface area contributed by atoms with E-state index < -0.39 is 6.10 Å². The Balaban J connectivity index is 2.64. The molecule has 1 atom stereocenters. The highest BCUT2D eigenvalue weighted by molar-refractivity contribution is 6.18. The van der Waals surface area contributed by atoms with Crippen LogP contribution in [-0.4, -0.2) is 29.6 Å². The van der Waals surface area contributed by atoms with Gasteiger partial charge in [0.15, 0.2) is 0 Å². The number of rotatable bonds is 9. The summed E-state index contributed by atoms with van der Waals surface area (Å²) in [7, 11) is 0. The first-order valence-corrected chi connectivity index (χ1v) is 7.85. The fourth-order valence-corrected chi connectivity index (χ4v) is 1.90. The fourth-order valence-electron chi connectivity index (χ4n) is 1.81. The lowest BCUT2D eigenvalue weighted by atomic mass is 10.1. The first-order chi connectivity index (χ1) is 10.6. The lowest BCUT2D eigenvalue weighted by molar-refractivity contribution is -0.116. The molecule has 1 aromatic carbocycles. The van der Waals surface area contributed by atoms with Gasteiger partial charge in [0, 0.05) is 12.1 Å². The number of carbonyl (C=O) groups is 1. The third-order valence-electron chi connectivity index (χ3n) is 3.00. The summed E-state index contributed by atoms with van der Waals surface area (Å²) in [5, 5.41) is 21.3. The zero-order valence-corrected chi connectivity index (χ0v) is 13.4. The van der Waals surface area contributed by atoms with Crippen molar-refractivity contribution in [2.45, 2.75) is 38.7 Å². The zero-order chi connectivity index (χ0) is 16.4. The summed E-state index contributed by atoms with van der Waals surface area (Å²) in [6.45, 7) is 2.10. The number of hydrogen-bond donors (Lipinski definition) is 2. The molecule has 2 N–H and O–H groups in total. The minimum atomic E-state index is -0.786. The predicted molar refractivity (Wildman–Crippen MR) is 86.2 cm³/mol. The number of unbranched alkanes of at least 4 members (excludes halogenated alkanes) is 2. The molecule has 6 heteroatoms. The Hall–Kier alpha value is -1.77. The molecule has 1 amide bonds. The van der Waals surface area contributed by atoms with Crippen molar-refractivity contribution in [3.05, 3.63) is 23.8 Å². The molecule has 0 fully saturated rings. The van der Waals surface area contributed by atoms with Crippen molar-refractivity contribution in [2.75, 3.05) is 17.8 Å². The number of ether oxygens (including phenoxy) is 1. The fraction of sp³-hybridized carbons (Fsp3) is 0.500. The van der Waals surface area contributed by atoms with Crippen LogP contribution in [0, 0.1) is 11.3 Å². The van der Waals surface area contributed by atoms with Crippen LogP contribution in [-0.2, 0) is 4.79 Å². The number of aliphatic hydroxyl groups excluding tert-OH is 1. The summed E-state index contributed by atoms with van der Waals surface area (Å²) >= 11 is 5.48. The highest BCUT2D eigenvalue weighted by Gasteiger charge is 2.09. The Bertz CT molecular complexity index is 529. The summed E-state index contributed by atoms with van der Waals surface area (Å²) in [5.41, 5.74) is 0.858. The summed E-state index contributed by atoms with van der Waals surface area (Å²) < 4.78 is 5.35. The molecule has 0 spiro atoms. The van der Waals surface area contributed by atoms with Crippen molar-refractivity contribution < 1.29 is 14.6 Å². The number of benzene rings is 1. The van der Waals surface area contributed by atoms with E-state index in [0.717, 1.165) is 19.3 Å². The van der Waals surface area contributed by atoms with Crippen LogP contribution in [0.15, 0.2) is 18.2 Å². The van der Waals surface area contributed by atoms with Crippen molar-refractivity contribution in [1.82, 2.24) is 0 Å². The summed E-state index contributed by atoms with van der Waals surface area (Å²) in [4.78, 5) is 11.8. The first-order valence-electron chi connectivity index (χ1n) is 7.31. The molecule has 0 saturated carbocycles. The van der Waals surface area contributed by atoms with E-state index in [9.17, 15) is 9.90 Å². The minimum Gasteiger partial charge on any atom is -0.489 e. The Kier molecular flexibility index (Phi) is 8.34. The molecule has 0 heterocycles. The molecular formula is C16H21ClN2O3. The molecule has 1 rings (SSSR count). The Morgan fingerprint density at radius 3 is 2.91 bits per heavy atom. The van der Waals surface area contributed by atoms with Crippen molar-refractivity contribution >= 4 is 23.2 Å². The smallest absolute Gasteiger partial charge is 0.224 e. The third-order valence-corrected chi connectivity index (χ3v) is 3.36. The van der Waals surface area contributed by atoms with E-state index in [1.165, 1.54) is 0 Å². The topological polar surface area (TPSA) is 82.3 Å². The van der Waals surface area contributed by atoms with E-state index in [4.69, 9.17) is 21.6 Å². The molecule has 0 aliphatic rings. The van der Waals surface area contributed by atoms with Crippen molar-refractivity contribution in [1.29, 1.82) is 5.26 Å². The number of hydrogen-bond acceptors (Lipinski definition) is 4. The number of carbonyl (C=O) groups excluding carboxylic acids is 1. The van der Waals surface area contributed by atoms with Crippen molar-refractivity contribution in [3.8, 4) is 11.8 Å². The van der Waals surface area contributed by atoms with E-state index in [0.29, 0.717) is 23.4 Å². The lowest BCUT2D eigenvalue weighted by Gasteiger charge is -2.12. The Morgan fingerprint density at radius 1 is 1.50 bits per heavy atom. The quantitative estimate of drug-likeness (QED) is 0.540. The van der Waals surface area contributed by atoms with E-state index in [-0.39, 0.29) is 18.4 Å². The number of nitrogens with one attached hydrogen (secondary N) is 1. The summed E-state index contributed by atoms with van der Waals surface area (Å²) in [5.74, 6) is 0.354. The molecule has 0 saturated heterocycles. The Labute approximate surface area is 135 Å². The maximum absolute atomic E-state index is 11.8. The minimum absolute atomic E-state index is 0.0148.